The molecule has 0 aromatic heterocycles. The van der Waals surface area contributed by atoms with Gasteiger partial charge in [-0.25, -0.2) is 0 Å². The fourth-order valence-corrected chi connectivity index (χ4v) is 4.48. The van der Waals surface area contributed by atoms with Crippen molar-refractivity contribution in [1.29, 1.82) is 10.8 Å². The second-order valence-corrected chi connectivity index (χ2v) is 9.11. The van der Waals surface area contributed by atoms with Gasteiger partial charge in [0.15, 0.2) is 0 Å². The van der Waals surface area contributed by atoms with Crippen molar-refractivity contribution in [2.24, 2.45) is 5.92 Å². The number of carbonyl (C=O) groups is 1. The van der Waals surface area contributed by atoms with E-state index in [9.17, 15) is 4.79 Å². The number of piperidine rings is 1. The van der Waals surface area contributed by atoms with Gasteiger partial charge in [-0.2, -0.15) is 0 Å². The van der Waals surface area contributed by atoms with E-state index in [0.29, 0.717) is 18.1 Å². The average Bonchev–Trinajstić information content (AvgIpc) is 2.81. The summed E-state index contributed by atoms with van der Waals surface area (Å²) < 4.78 is 4.81. The zero-order chi connectivity index (χ0) is 23.8. The fourth-order valence-electron chi connectivity index (χ4n) is 4.48. The summed E-state index contributed by atoms with van der Waals surface area (Å²) in [6.45, 7) is 9.98. The summed E-state index contributed by atoms with van der Waals surface area (Å²) in [6.07, 6.45) is 4.59. The molecular formula is C27H36N4O2. The number of ether oxygens (including phenoxy) is 1. The Hall–Kier alpha value is -3.15. The Morgan fingerprint density at radius 2 is 1.64 bits per heavy atom. The number of carbonyl (C=O) groups excluding carboxylic acids is 1. The van der Waals surface area contributed by atoms with Gasteiger partial charge in [-0.05, 0) is 81.2 Å². The van der Waals surface area contributed by atoms with E-state index >= 15 is 0 Å². The summed E-state index contributed by atoms with van der Waals surface area (Å²) in [7, 11) is 0. The molecule has 2 aromatic rings. The van der Waals surface area contributed by atoms with E-state index in [1.807, 2.05) is 24.0 Å². The Morgan fingerprint density at radius 3 is 2.24 bits per heavy atom. The maximum Gasteiger partial charge on any atom is 0.298 e. The average molecular weight is 449 g/mol. The minimum Gasteiger partial charge on any atom is -0.429 e. The number of aryl methyl sites for hydroxylation is 1. The summed E-state index contributed by atoms with van der Waals surface area (Å²) >= 11 is 0. The normalized spacial score (nSPS) is 15.7. The molecule has 2 N–H and O–H groups in total. The lowest BCUT2D eigenvalue weighted by atomic mass is 9.90. The van der Waals surface area contributed by atoms with Crippen molar-refractivity contribution < 1.29 is 9.53 Å². The largest absolute Gasteiger partial charge is 0.429 e. The lowest BCUT2D eigenvalue weighted by Crippen LogP contribution is -2.37. The number of hydrogen-bond acceptors (Lipinski definition) is 4. The number of benzene rings is 2. The van der Waals surface area contributed by atoms with Crippen LogP contribution in [0.15, 0.2) is 42.5 Å². The monoisotopic (exact) mass is 448 g/mol. The predicted octanol–water partition coefficient (Wildman–Crippen LogP) is 4.82. The second kappa shape index (κ2) is 11.6. The van der Waals surface area contributed by atoms with Crippen LogP contribution in [0.5, 0.6) is 5.75 Å². The predicted molar refractivity (Wildman–Crippen MR) is 133 cm³/mol. The molecule has 0 amide bonds. The molecule has 2 aliphatic rings. The summed E-state index contributed by atoms with van der Waals surface area (Å²) in [6, 6.07) is 14.6. The number of likely N-dealkylation sites (tertiary alicyclic amines) is 1. The van der Waals surface area contributed by atoms with E-state index in [1.54, 1.807) is 13.0 Å². The molecule has 0 bridgehead atoms. The van der Waals surface area contributed by atoms with Gasteiger partial charge in [0.25, 0.3) is 6.47 Å². The lowest BCUT2D eigenvalue weighted by molar-refractivity contribution is -0.120. The van der Waals surface area contributed by atoms with Crippen molar-refractivity contribution in [2.45, 2.75) is 53.0 Å². The highest BCUT2D eigenvalue weighted by atomic mass is 16.5. The Bertz CT molecular complexity index is 963. The van der Waals surface area contributed by atoms with Gasteiger partial charge in [-0.15, -0.1) is 0 Å². The standard InChI is InChI=1S/C15H22N2.C12H14N2O2/c1-12-3-5-14(6-4-12)11-15-7-9-17(10-8-15)13(2)16;1-9(13)14-5-4-10-2-3-12(16-8-15)6-11(10)7-14/h3-6,15-16H,7-11H2,1-2H3;2-3,6,8,13H,4-5,7H2,1H3. The summed E-state index contributed by atoms with van der Waals surface area (Å²) in [4.78, 5) is 14.4. The topological polar surface area (TPSA) is 80.5 Å². The molecule has 1 fully saturated rings. The maximum absolute atomic E-state index is 10.2. The van der Waals surface area contributed by atoms with Crippen LogP contribution in [0.2, 0.25) is 0 Å². The van der Waals surface area contributed by atoms with Crippen molar-refractivity contribution in [2.75, 3.05) is 19.6 Å². The first-order chi connectivity index (χ1) is 15.9. The number of nitrogens with one attached hydrogen (secondary N) is 2. The van der Waals surface area contributed by atoms with Crippen molar-refractivity contribution in [3.05, 3.63) is 64.7 Å². The molecule has 0 radical (unpaired) electrons. The second-order valence-electron chi connectivity index (χ2n) is 9.11. The number of rotatable bonds is 4. The molecule has 1 saturated heterocycles. The molecule has 176 valence electrons. The van der Waals surface area contributed by atoms with Gasteiger partial charge >= 0.3 is 0 Å². The highest BCUT2D eigenvalue weighted by Crippen LogP contribution is 2.24. The molecule has 0 atom stereocenters. The first-order valence-corrected chi connectivity index (χ1v) is 11.7. The molecule has 2 aliphatic heterocycles. The Balaban J connectivity index is 0.000000186. The minimum absolute atomic E-state index is 0.435. The molecular weight excluding hydrogens is 412 g/mol. The highest BCUT2D eigenvalue weighted by molar-refractivity contribution is 5.77. The molecule has 6 nitrogen and oxygen atoms in total. The SMILES string of the molecule is CC(=N)N1CCC(Cc2ccc(C)cc2)CC1.CC(=N)N1CCc2ccc(OC=O)cc2C1. The number of nitrogens with zero attached hydrogens (tertiary/aromatic N) is 2. The zero-order valence-electron chi connectivity index (χ0n) is 20.1. The van der Waals surface area contributed by atoms with Gasteiger partial charge in [-0.1, -0.05) is 35.9 Å². The lowest BCUT2D eigenvalue weighted by Gasteiger charge is -2.32. The Morgan fingerprint density at radius 1 is 0.970 bits per heavy atom. The van der Waals surface area contributed by atoms with Crippen molar-refractivity contribution >= 4 is 18.1 Å². The van der Waals surface area contributed by atoms with Gasteiger partial charge in [0.1, 0.15) is 5.75 Å². The van der Waals surface area contributed by atoms with E-state index in [2.05, 4.69) is 36.1 Å². The first kappa shape index (κ1) is 24.5. The number of fused-ring (bicyclic) bond motifs is 1. The van der Waals surface area contributed by atoms with Crippen molar-refractivity contribution in [3.8, 4) is 5.75 Å². The summed E-state index contributed by atoms with van der Waals surface area (Å²) in [5.74, 6) is 2.66. The summed E-state index contributed by atoms with van der Waals surface area (Å²) in [5, 5.41) is 15.2. The van der Waals surface area contributed by atoms with Crippen LogP contribution >= 0.6 is 0 Å². The smallest absolute Gasteiger partial charge is 0.298 e. The van der Waals surface area contributed by atoms with Gasteiger partial charge < -0.3 is 14.5 Å². The first-order valence-electron chi connectivity index (χ1n) is 11.7. The van der Waals surface area contributed by atoms with Crippen LogP contribution in [0, 0.1) is 23.7 Å². The molecule has 6 heteroatoms. The van der Waals surface area contributed by atoms with Gasteiger partial charge in [-0.3, -0.25) is 15.6 Å². The molecule has 4 rings (SSSR count). The molecule has 0 saturated carbocycles. The number of amidine groups is 2. The van der Waals surface area contributed by atoms with Crippen LogP contribution in [0.3, 0.4) is 0 Å². The van der Waals surface area contributed by atoms with E-state index < -0.39 is 0 Å². The van der Waals surface area contributed by atoms with Crippen LogP contribution in [0.25, 0.3) is 0 Å². The third-order valence-electron chi connectivity index (χ3n) is 6.58. The Labute approximate surface area is 197 Å². The van der Waals surface area contributed by atoms with E-state index in [1.165, 1.54) is 36.0 Å². The molecule has 0 spiro atoms. The summed E-state index contributed by atoms with van der Waals surface area (Å²) in [5.41, 5.74) is 5.21. The third-order valence-corrected chi connectivity index (χ3v) is 6.58. The molecule has 0 unspecified atom stereocenters. The third kappa shape index (κ3) is 7.17. The van der Waals surface area contributed by atoms with Gasteiger partial charge in [0.05, 0.1) is 11.7 Å². The molecule has 2 heterocycles. The van der Waals surface area contributed by atoms with Crippen LogP contribution in [0.1, 0.15) is 48.9 Å². The van der Waals surface area contributed by atoms with Crippen molar-refractivity contribution in [1.82, 2.24) is 9.80 Å². The zero-order valence-corrected chi connectivity index (χ0v) is 20.1. The van der Waals surface area contributed by atoms with Gasteiger partial charge in [0.2, 0.25) is 0 Å². The van der Waals surface area contributed by atoms with Crippen LogP contribution in [-0.4, -0.2) is 47.6 Å². The van der Waals surface area contributed by atoms with E-state index in [0.717, 1.165) is 49.9 Å². The van der Waals surface area contributed by atoms with Crippen LogP contribution in [-0.2, 0) is 24.2 Å². The molecule has 2 aromatic carbocycles. The van der Waals surface area contributed by atoms with E-state index in [4.69, 9.17) is 15.6 Å². The van der Waals surface area contributed by atoms with Crippen LogP contribution in [0.4, 0.5) is 0 Å². The van der Waals surface area contributed by atoms with E-state index in [-0.39, 0.29) is 0 Å². The maximum atomic E-state index is 10.2. The van der Waals surface area contributed by atoms with Crippen molar-refractivity contribution in [3.63, 3.8) is 0 Å². The Kier molecular flexibility index (Phi) is 8.64. The minimum atomic E-state index is 0.435. The van der Waals surface area contributed by atoms with Gasteiger partial charge in [0, 0.05) is 26.2 Å². The highest BCUT2D eigenvalue weighted by Gasteiger charge is 2.19. The molecule has 0 aliphatic carbocycles. The fraction of sp³-hybridized carbons (Fsp3) is 0.444. The quantitative estimate of drug-likeness (QED) is 0.399. The molecule has 33 heavy (non-hydrogen) atoms. The van der Waals surface area contributed by atoms with Crippen LogP contribution < -0.4 is 4.74 Å². The number of hydrogen-bond donors (Lipinski definition) is 2.